The molecule has 2 aromatic carbocycles. The van der Waals surface area contributed by atoms with E-state index in [1.54, 1.807) is 48.8 Å². The quantitative estimate of drug-likeness (QED) is 0.522. The van der Waals surface area contributed by atoms with Crippen molar-refractivity contribution >= 4 is 11.9 Å². The van der Waals surface area contributed by atoms with Crippen molar-refractivity contribution in [3.8, 4) is 5.75 Å². The van der Waals surface area contributed by atoms with Crippen molar-refractivity contribution in [1.29, 1.82) is 0 Å². The number of nitrogens with one attached hydrogen (secondary N) is 2. The molecule has 28 heavy (non-hydrogen) atoms. The first-order valence-electron chi connectivity index (χ1n) is 8.59. The molecule has 0 bridgehead atoms. The van der Waals surface area contributed by atoms with Crippen LogP contribution in [0.3, 0.4) is 0 Å². The van der Waals surface area contributed by atoms with Gasteiger partial charge in [0.05, 0.1) is 5.56 Å². The lowest BCUT2D eigenvalue weighted by atomic mass is 10.1. The van der Waals surface area contributed by atoms with Gasteiger partial charge < -0.3 is 9.84 Å². The van der Waals surface area contributed by atoms with Crippen molar-refractivity contribution in [1.82, 2.24) is 15.8 Å². The van der Waals surface area contributed by atoms with E-state index in [-0.39, 0.29) is 11.5 Å². The third kappa shape index (κ3) is 5.15. The Kier molecular flexibility index (Phi) is 6.33. The summed E-state index contributed by atoms with van der Waals surface area (Å²) in [7, 11) is 0. The molecular weight excluding hydrogens is 358 g/mol. The number of aromatic carboxylic acids is 1. The van der Waals surface area contributed by atoms with Crippen LogP contribution in [0, 0.1) is 0 Å². The predicted octanol–water partition coefficient (Wildman–Crippen LogP) is 2.79. The zero-order chi connectivity index (χ0) is 19.8. The minimum Gasteiger partial charge on any atom is -0.489 e. The molecule has 0 saturated heterocycles. The van der Waals surface area contributed by atoms with Gasteiger partial charge in [-0.15, -0.1) is 0 Å². The Morgan fingerprint density at radius 3 is 2.36 bits per heavy atom. The summed E-state index contributed by atoms with van der Waals surface area (Å²) in [5.74, 6) is -0.535. The molecule has 0 aliphatic carbocycles. The summed E-state index contributed by atoms with van der Waals surface area (Å²) in [5, 5.41) is 8.94. The third-order valence-electron chi connectivity index (χ3n) is 3.99. The summed E-state index contributed by atoms with van der Waals surface area (Å²) in [6.45, 7) is 0.686. The Morgan fingerprint density at radius 1 is 0.929 bits per heavy atom. The number of ether oxygens (including phenoxy) is 1. The van der Waals surface area contributed by atoms with Gasteiger partial charge in [0.15, 0.2) is 0 Å². The maximum absolute atomic E-state index is 12.0. The molecule has 1 aromatic heterocycles. The van der Waals surface area contributed by atoms with Crippen LogP contribution in [-0.2, 0) is 13.2 Å². The number of carboxylic acid groups (broad SMARTS) is 1. The molecule has 7 heteroatoms. The van der Waals surface area contributed by atoms with Crippen LogP contribution in [0.2, 0.25) is 0 Å². The second-order valence-electron chi connectivity index (χ2n) is 5.94. The van der Waals surface area contributed by atoms with E-state index in [0.29, 0.717) is 24.5 Å². The average Bonchev–Trinajstić information content (AvgIpc) is 2.74. The first-order valence-corrected chi connectivity index (χ1v) is 8.59. The summed E-state index contributed by atoms with van der Waals surface area (Å²) < 4.78 is 5.86. The normalized spacial score (nSPS) is 10.3. The van der Waals surface area contributed by atoms with Crippen molar-refractivity contribution in [3.05, 3.63) is 95.3 Å². The van der Waals surface area contributed by atoms with E-state index in [9.17, 15) is 9.59 Å². The van der Waals surface area contributed by atoms with Crippen LogP contribution in [0.15, 0.2) is 73.1 Å². The number of para-hydroxylation sites is 1. The second kappa shape index (κ2) is 9.29. The number of amides is 1. The Balaban J connectivity index is 1.55. The lowest BCUT2D eigenvalue weighted by Crippen LogP contribution is -2.36. The molecule has 0 aliphatic heterocycles. The first kappa shape index (κ1) is 19.1. The Hall–Kier alpha value is -3.71. The molecular formula is C21H19N3O4. The van der Waals surface area contributed by atoms with Crippen LogP contribution in [0.5, 0.6) is 5.75 Å². The molecule has 142 valence electrons. The van der Waals surface area contributed by atoms with Crippen LogP contribution in [0.1, 0.15) is 31.8 Å². The van der Waals surface area contributed by atoms with Crippen LogP contribution >= 0.6 is 0 Å². The smallest absolute Gasteiger partial charge is 0.335 e. The number of carboxylic acids is 1. The predicted molar refractivity (Wildman–Crippen MR) is 103 cm³/mol. The zero-order valence-corrected chi connectivity index (χ0v) is 15.0. The molecule has 1 heterocycles. The van der Waals surface area contributed by atoms with E-state index in [2.05, 4.69) is 15.8 Å². The van der Waals surface area contributed by atoms with Gasteiger partial charge >= 0.3 is 5.97 Å². The standard InChI is InChI=1S/C21H19N3O4/c25-20(16-9-11-22-12-10-16)24-23-13-18-3-1-2-4-19(18)28-14-15-5-7-17(8-6-15)21(26)27/h1-12,23H,13-14H2,(H,24,25)(H,26,27). The van der Waals surface area contributed by atoms with Gasteiger partial charge in [0.2, 0.25) is 0 Å². The van der Waals surface area contributed by atoms with Crippen molar-refractivity contribution < 1.29 is 19.4 Å². The molecule has 3 rings (SSSR count). The maximum Gasteiger partial charge on any atom is 0.335 e. The first-order chi connectivity index (χ1) is 13.6. The number of benzene rings is 2. The molecule has 1 amide bonds. The van der Waals surface area contributed by atoms with E-state index in [1.807, 2.05) is 24.3 Å². The molecule has 3 N–H and O–H groups in total. The molecule has 0 spiro atoms. The lowest BCUT2D eigenvalue weighted by molar-refractivity contribution is 0.0696. The fourth-order valence-electron chi connectivity index (χ4n) is 2.49. The Labute approximate surface area is 162 Å². The largest absolute Gasteiger partial charge is 0.489 e. The minimum absolute atomic E-state index is 0.235. The minimum atomic E-state index is -0.960. The maximum atomic E-state index is 12.0. The van der Waals surface area contributed by atoms with Gasteiger partial charge in [-0.05, 0) is 35.9 Å². The summed E-state index contributed by atoms with van der Waals surface area (Å²) in [6, 6.07) is 17.3. The van der Waals surface area contributed by atoms with E-state index >= 15 is 0 Å². The van der Waals surface area contributed by atoms with Gasteiger partial charge in [0, 0.05) is 30.1 Å². The molecule has 0 atom stereocenters. The van der Waals surface area contributed by atoms with Crippen molar-refractivity contribution in [2.75, 3.05) is 0 Å². The monoisotopic (exact) mass is 377 g/mol. The van der Waals surface area contributed by atoms with Gasteiger partial charge in [-0.2, -0.15) is 0 Å². The molecule has 0 aliphatic rings. The van der Waals surface area contributed by atoms with Gasteiger partial charge in [-0.25, -0.2) is 10.2 Å². The fraction of sp³-hybridized carbons (Fsp3) is 0.0952. The Morgan fingerprint density at radius 2 is 1.64 bits per heavy atom. The second-order valence-corrected chi connectivity index (χ2v) is 5.94. The summed E-state index contributed by atoms with van der Waals surface area (Å²) in [5.41, 5.74) is 8.01. The summed E-state index contributed by atoms with van der Waals surface area (Å²) in [6.07, 6.45) is 3.11. The van der Waals surface area contributed by atoms with Crippen molar-refractivity contribution in [3.63, 3.8) is 0 Å². The zero-order valence-electron chi connectivity index (χ0n) is 15.0. The SMILES string of the molecule is O=C(O)c1ccc(COc2ccccc2CNNC(=O)c2ccncc2)cc1. The average molecular weight is 377 g/mol. The van der Waals surface area contributed by atoms with Crippen molar-refractivity contribution in [2.24, 2.45) is 0 Å². The van der Waals surface area contributed by atoms with E-state index in [1.165, 1.54) is 0 Å². The number of hydrazine groups is 1. The van der Waals surface area contributed by atoms with Gasteiger partial charge in [0.25, 0.3) is 5.91 Å². The topological polar surface area (TPSA) is 101 Å². The highest BCUT2D eigenvalue weighted by Crippen LogP contribution is 2.19. The number of hydrogen-bond acceptors (Lipinski definition) is 5. The number of nitrogens with zero attached hydrogens (tertiary/aromatic N) is 1. The number of rotatable bonds is 8. The lowest BCUT2D eigenvalue weighted by Gasteiger charge is -2.13. The molecule has 0 unspecified atom stereocenters. The number of aromatic nitrogens is 1. The van der Waals surface area contributed by atoms with E-state index < -0.39 is 5.97 Å². The van der Waals surface area contributed by atoms with Gasteiger partial charge in [-0.1, -0.05) is 30.3 Å². The highest BCUT2D eigenvalue weighted by molar-refractivity contribution is 5.93. The summed E-state index contributed by atoms with van der Waals surface area (Å²) in [4.78, 5) is 26.8. The molecule has 0 fully saturated rings. The third-order valence-corrected chi connectivity index (χ3v) is 3.99. The molecule has 3 aromatic rings. The van der Waals surface area contributed by atoms with E-state index in [4.69, 9.17) is 9.84 Å². The number of carbonyl (C=O) groups excluding carboxylic acids is 1. The number of pyridine rings is 1. The van der Waals surface area contributed by atoms with Crippen molar-refractivity contribution in [2.45, 2.75) is 13.2 Å². The van der Waals surface area contributed by atoms with Crippen LogP contribution in [0.4, 0.5) is 0 Å². The highest BCUT2D eigenvalue weighted by atomic mass is 16.5. The van der Waals surface area contributed by atoms with Gasteiger partial charge in [-0.3, -0.25) is 15.2 Å². The summed E-state index contributed by atoms with van der Waals surface area (Å²) >= 11 is 0. The van der Waals surface area contributed by atoms with Crippen LogP contribution in [0.25, 0.3) is 0 Å². The number of hydrogen-bond donors (Lipinski definition) is 3. The van der Waals surface area contributed by atoms with Crippen LogP contribution in [-0.4, -0.2) is 22.0 Å². The van der Waals surface area contributed by atoms with E-state index in [0.717, 1.165) is 11.1 Å². The molecule has 7 nitrogen and oxygen atoms in total. The Bertz CT molecular complexity index is 943. The molecule has 0 radical (unpaired) electrons. The van der Waals surface area contributed by atoms with Crippen LogP contribution < -0.4 is 15.6 Å². The van der Waals surface area contributed by atoms with Gasteiger partial charge in [0.1, 0.15) is 12.4 Å². The number of carbonyl (C=O) groups is 2. The fourth-order valence-corrected chi connectivity index (χ4v) is 2.49. The highest BCUT2D eigenvalue weighted by Gasteiger charge is 2.07. The molecule has 0 saturated carbocycles.